The van der Waals surface area contributed by atoms with E-state index < -0.39 is 11.5 Å². The number of anilines is 1. The van der Waals surface area contributed by atoms with Crippen LogP contribution in [0.25, 0.3) is 0 Å². The Morgan fingerprint density at radius 2 is 2.00 bits per heavy atom. The molecule has 1 aliphatic heterocycles. The van der Waals surface area contributed by atoms with E-state index in [1.807, 2.05) is 19.1 Å². The van der Waals surface area contributed by atoms with Gasteiger partial charge in [0, 0.05) is 22.9 Å². The van der Waals surface area contributed by atoms with Crippen LogP contribution in [0.2, 0.25) is 10.0 Å². The first-order chi connectivity index (χ1) is 12.3. The first-order valence-corrected chi connectivity index (χ1v) is 9.52. The van der Waals surface area contributed by atoms with E-state index in [1.165, 1.54) is 24.5 Å². The van der Waals surface area contributed by atoms with Crippen molar-refractivity contribution in [3.63, 3.8) is 0 Å². The molecule has 3 aliphatic rings. The third-order valence-corrected chi connectivity index (χ3v) is 6.13. The molecule has 2 aliphatic carbocycles. The summed E-state index contributed by atoms with van der Waals surface area (Å²) in [4.78, 5) is 25.4. The lowest BCUT2D eigenvalue weighted by molar-refractivity contribution is -0.141. The summed E-state index contributed by atoms with van der Waals surface area (Å²) < 4.78 is 0. The number of hydrogen-bond acceptors (Lipinski definition) is 3. The van der Waals surface area contributed by atoms with E-state index in [0.29, 0.717) is 5.92 Å². The summed E-state index contributed by atoms with van der Waals surface area (Å²) in [6, 6.07) is 3.07. The van der Waals surface area contributed by atoms with E-state index in [-0.39, 0.29) is 45.3 Å². The summed E-state index contributed by atoms with van der Waals surface area (Å²) >= 11 is 12.3. The van der Waals surface area contributed by atoms with Crippen LogP contribution in [0.3, 0.4) is 0 Å². The van der Waals surface area contributed by atoms with Crippen LogP contribution < -0.4 is 5.32 Å². The number of aliphatic hydroxyl groups is 1. The molecule has 4 nitrogen and oxygen atoms in total. The van der Waals surface area contributed by atoms with E-state index >= 15 is 0 Å². The van der Waals surface area contributed by atoms with E-state index in [9.17, 15) is 14.7 Å². The molecule has 0 bridgehead atoms. The number of nitrogens with one attached hydrogen (secondary N) is 1. The van der Waals surface area contributed by atoms with Crippen LogP contribution in [0.15, 0.2) is 35.9 Å². The van der Waals surface area contributed by atoms with Crippen LogP contribution in [0.4, 0.5) is 5.69 Å². The Bertz CT molecular complexity index is 872. The third-order valence-electron chi connectivity index (χ3n) is 5.50. The van der Waals surface area contributed by atoms with Gasteiger partial charge in [-0.2, -0.15) is 0 Å². The summed E-state index contributed by atoms with van der Waals surface area (Å²) in [5.74, 6) is -0.567. The SMILES string of the molecule is CC1C=C(C2CC2)C=CC1C(=O)CC1(O)C(=O)Nc2c(Cl)ccc(Cl)c21. The van der Waals surface area contributed by atoms with Gasteiger partial charge in [0.25, 0.3) is 5.91 Å². The molecule has 0 spiro atoms. The van der Waals surface area contributed by atoms with Gasteiger partial charge in [0.1, 0.15) is 5.78 Å². The second-order valence-corrected chi connectivity index (χ2v) is 8.24. The van der Waals surface area contributed by atoms with Crippen LogP contribution in [-0.4, -0.2) is 16.8 Å². The molecule has 0 radical (unpaired) electrons. The minimum Gasteiger partial charge on any atom is -0.375 e. The Hall–Kier alpha value is -1.62. The molecule has 1 fully saturated rings. The number of amides is 1. The van der Waals surface area contributed by atoms with Crippen molar-refractivity contribution in [1.29, 1.82) is 0 Å². The monoisotopic (exact) mass is 391 g/mol. The maximum atomic E-state index is 12.9. The standard InChI is InChI=1S/C20H19Cl2NO3/c1-10-8-12(11-2-3-11)4-5-13(10)16(24)9-20(26)17-14(21)6-7-15(22)18(17)23-19(20)25/h4-8,10-11,13,26H,2-3,9H2,1H3,(H,23,25). The fraction of sp³-hybridized carbons (Fsp3) is 0.400. The average molecular weight is 392 g/mol. The molecule has 1 heterocycles. The highest BCUT2D eigenvalue weighted by Crippen LogP contribution is 2.47. The van der Waals surface area contributed by atoms with Crippen molar-refractivity contribution in [3.05, 3.63) is 51.5 Å². The summed E-state index contributed by atoms with van der Waals surface area (Å²) in [6.45, 7) is 1.99. The number of hydrogen-bond donors (Lipinski definition) is 2. The number of benzene rings is 1. The zero-order valence-corrected chi connectivity index (χ0v) is 15.8. The topological polar surface area (TPSA) is 66.4 Å². The van der Waals surface area contributed by atoms with Gasteiger partial charge in [-0.25, -0.2) is 0 Å². The summed E-state index contributed by atoms with van der Waals surface area (Å²) in [7, 11) is 0. The van der Waals surface area contributed by atoms with E-state index in [1.54, 1.807) is 6.07 Å². The van der Waals surface area contributed by atoms with Crippen LogP contribution in [-0.2, 0) is 15.2 Å². The number of carbonyl (C=O) groups is 2. The molecule has 1 aromatic carbocycles. The zero-order valence-electron chi connectivity index (χ0n) is 14.3. The van der Waals surface area contributed by atoms with Gasteiger partial charge in [0.15, 0.2) is 5.60 Å². The molecular formula is C20H19Cl2NO3. The van der Waals surface area contributed by atoms with Gasteiger partial charge >= 0.3 is 0 Å². The number of Topliss-reactive ketones (excluding diaryl/α,β-unsaturated/α-hetero) is 1. The summed E-state index contributed by atoms with van der Waals surface area (Å²) in [6.07, 6.45) is 8.12. The molecule has 1 amide bonds. The molecule has 3 atom stereocenters. The Balaban J connectivity index is 1.60. The summed E-state index contributed by atoms with van der Waals surface area (Å²) in [5, 5.41) is 14.1. The van der Waals surface area contributed by atoms with Crippen LogP contribution in [0, 0.1) is 17.8 Å². The van der Waals surface area contributed by atoms with Crippen molar-refractivity contribution < 1.29 is 14.7 Å². The van der Waals surface area contributed by atoms with Crippen molar-refractivity contribution in [2.24, 2.45) is 17.8 Å². The van der Waals surface area contributed by atoms with Crippen molar-refractivity contribution in [1.82, 2.24) is 0 Å². The van der Waals surface area contributed by atoms with E-state index in [4.69, 9.17) is 23.2 Å². The van der Waals surface area contributed by atoms with Crippen molar-refractivity contribution in [2.45, 2.75) is 31.8 Å². The normalized spacial score (nSPS) is 30.0. The first-order valence-electron chi connectivity index (χ1n) is 8.76. The van der Waals surface area contributed by atoms with Gasteiger partial charge in [0.2, 0.25) is 0 Å². The van der Waals surface area contributed by atoms with E-state index in [0.717, 1.165) is 0 Å². The smallest absolute Gasteiger partial charge is 0.261 e. The largest absolute Gasteiger partial charge is 0.375 e. The lowest BCUT2D eigenvalue weighted by Crippen LogP contribution is -2.39. The first kappa shape index (κ1) is 17.8. The van der Waals surface area contributed by atoms with Crippen LogP contribution in [0.1, 0.15) is 31.7 Å². The second-order valence-electron chi connectivity index (χ2n) is 7.42. The molecule has 0 aromatic heterocycles. The molecule has 1 aromatic rings. The highest BCUT2D eigenvalue weighted by molar-refractivity contribution is 6.38. The Labute approximate surface area is 161 Å². The quantitative estimate of drug-likeness (QED) is 0.805. The Morgan fingerprint density at radius 1 is 1.31 bits per heavy atom. The molecule has 26 heavy (non-hydrogen) atoms. The average Bonchev–Trinajstić information content (AvgIpc) is 3.39. The highest BCUT2D eigenvalue weighted by Gasteiger charge is 2.50. The molecule has 3 unspecified atom stereocenters. The van der Waals surface area contributed by atoms with Crippen molar-refractivity contribution >= 4 is 40.6 Å². The lowest BCUT2D eigenvalue weighted by Gasteiger charge is -2.26. The predicted octanol–water partition coefficient (Wildman–Crippen LogP) is 4.25. The predicted molar refractivity (Wildman–Crippen MR) is 101 cm³/mol. The summed E-state index contributed by atoms with van der Waals surface area (Å²) in [5.41, 5.74) is -0.240. The highest BCUT2D eigenvalue weighted by atomic mass is 35.5. The maximum Gasteiger partial charge on any atom is 0.261 e. The minimum absolute atomic E-state index is 0.0328. The van der Waals surface area contributed by atoms with Crippen molar-refractivity contribution in [2.75, 3.05) is 5.32 Å². The molecule has 136 valence electrons. The molecule has 1 saturated carbocycles. The Morgan fingerprint density at radius 3 is 2.65 bits per heavy atom. The van der Waals surface area contributed by atoms with Gasteiger partial charge in [-0.05, 0) is 42.4 Å². The molecular weight excluding hydrogens is 373 g/mol. The number of carbonyl (C=O) groups excluding carboxylic acids is 2. The van der Waals surface area contributed by atoms with Gasteiger partial charge in [-0.3, -0.25) is 9.59 Å². The van der Waals surface area contributed by atoms with Gasteiger partial charge in [-0.15, -0.1) is 0 Å². The minimum atomic E-state index is -2.00. The lowest BCUT2D eigenvalue weighted by atomic mass is 9.78. The fourth-order valence-corrected chi connectivity index (χ4v) is 4.41. The molecule has 6 heteroatoms. The number of ketones is 1. The number of fused-ring (bicyclic) bond motifs is 1. The van der Waals surface area contributed by atoms with Crippen molar-refractivity contribution in [3.8, 4) is 0 Å². The number of allylic oxidation sites excluding steroid dienone is 4. The Kier molecular flexibility index (Phi) is 4.25. The fourth-order valence-electron chi connectivity index (χ4n) is 3.89. The van der Waals surface area contributed by atoms with Gasteiger partial charge in [-0.1, -0.05) is 48.4 Å². The number of halogens is 2. The van der Waals surface area contributed by atoms with Crippen LogP contribution >= 0.6 is 23.2 Å². The maximum absolute atomic E-state index is 12.9. The molecule has 0 saturated heterocycles. The van der Waals surface area contributed by atoms with E-state index in [2.05, 4.69) is 11.4 Å². The number of rotatable bonds is 4. The third kappa shape index (κ3) is 2.81. The second kappa shape index (κ2) is 6.22. The van der Waals surface area contributed by atoms with Gasteiger partial charge < -0.3 is 10.4 Å². The van der Waals surface area contributed by atoms with Crippen LogP contribution in [0.5, 0.6) is 0 Å². The zero-order chi connectivity index (χ0) is 18.6. The van der Waals surface area contributed by atoms with Gasteiger partial charge in [0.05, 0.1) is 10.7 Å². The molecule has 2 N–H and O–H groups in total. The molecule has 4 rings (SSSR count).